The molecule has 0 spiro atoms. The standard InChI is InChI=1S/C20H41NO4S/c1-2-3-4-5-6-7-8-9-10-11-14-21(16-18-25-19-17-21)15-12-13-20-26(22,23)24/h2-20H2,1H3/p+1. The Kier molecular flexibility index (Phi) is 12.8. The van der Waals surface area contributed by atoms with Crippen molar-refractivity contribution >= 4 is 10.1 Å². The molecule has 1 aliphatic heterocycles. The second-order valence-corrected chi connectivity index (χ2v) is 9.60. The Bertz CT molecular complexity index is 433. The highest BCUT2D eigenvalue weighted by atomic mass is 32.2. The molecule has 0 aromatic heterocycles. The van der Waals surface area contributed by atoms with Crippen LogP contribution in [0.4, 0.5) is 0 Å². The van der Waals surface area contributed by atoms with Crippen LogP contribution in [-0.2, 0) is 14.9 Å². The number of ether oxygens (including phenoxy) is 1. The number of unbranched alkanes of at least 4 members (excludes halogenated alkanes) is 10. The predicted molar refractivity (Wildman–Crippen MR) is 108 cm³/mol. The lowest BCUT2D eigenvalue weighted by molar-refractivity contribution is -0.935. The second-order valence-electron chi connectivity index (χ2n) is 8.02. The topological polar surface area (TPSA) is 63.6 Å². The molecule has 0 aromatic rings. The van der Waals surface area contributed by atoms with Crippen LogP contribution in [0.3, 0.4) is 0 Å². The fraction of sp³-hybridized carbons (Fsp3) is 1.00. The first-order chi connectivity index (χ1) is 12.5. The third kappa shape index (κ3) is 12.3. The van der Waals surface area contributed by atoms with Crippen molar-refractivity contribution in [1.82, 2.24) is 0 Å². The summed E-state index contributed by atoms with van der Waals surface area (Å²) in [5.74, 6) is -0.109. The third-order valence-corrected chi connectivity index (χ3v) is 6.50. The van der Waals surface area contributed by atoms with Gasteiger partial charge in [-0.3, -0.25) is 4.55 Å². The summed E-state index contributed by atoms with van der Waals surface area (Å²) in [6.45, 7) is 8.18. The van der Waals surface area contributed by atoms with Crippen LogP contribution in [-0.4, -0.2) is 62.6 Å². The molecule has 1 heterocycles. The van der Waals surface area contributed by atoms with Crippen LogP contribution in [0, 0.1) is 0 Å². The van der Waals surface area contributed by atoms with E-state index >= 15 is 0 Å². The first-order valence-corrected chi connectivity index (χ1v) is 12.5. The molecule has 26 heavy (non-hydrogen) atoms. The van der Waals surface area contributed by atoms with E-state index in [0.29, 0.717) is 6.42 Å². The highest BCUT2D eigenvalue weighted by Gasteiger charge is 2.29. The zero-order valence-electron chi connectivity index (χ0n) is 17.0. The molecule has 1 fully saturated rings. The van der Waals surface area contributed by atoms with Gasteiger partial charge in [0.05, 0.1) is 32.1 Å². The lowest BCUT2D eigenvalue weighted by Gasteiger charge is -2.41. The van der Waals surface area contributed by atoms with Crippen LogP contribution >= 0.6 is 0 Å². The van der Waals surface area contributed by atoms with Gasteiger partial charge in [-0.25, -0.2) is 0 Å². The normalized spacial score (nSPS) is 17.5. The number of quaternary nitrogens is 1. The lowest BCUT2D eigenvalue weighted by atomic mass is 10.1. The van der Waals surface area contributed by atoms with E-state index in [2.05, 4.69) is 6.92 Å². The number of hydrogen-bond acceptors (Lipinski definition) is 3. The van der Waals surface area contributed by atoms with Gasteiger partial charge in [0.1, 0.15) is 13.1 Å². The molecule has 0 radical (unpaired) electrons. The van der Waals surface area contributed by atoms with Crippen LogP contribution in [0.5, 0.6) is 0 Å². The van der Waals surface area contributed by atoms with E-state index in [0.717, 1.165) is 43.8 Å². The van der Waals surface area contributed by atoms with Crippen molar-refractivity contribution in [2.24, 2.45) is 0 Å². The number of morpholine rings is 1. The average Bonchev–Trinajstić information content (AvgIpc) is 2.61. The molecule has 1 saturated heterocycles. The fourth-order valence-electron chi connectivity index (χ4n) is 3.96. The molecule has 0 amide bonds. The molecule has 0 aliphatic carbocycles. The van der Waals surface area contributed by atoms with Gasteiger partial charge in [0.15, 0.2) is 0 Å². The van der Waals surface area contributed by atoms with Gasteiger partial charge in [0.25, 0.3) is 10.1 Å². The molecular weight excluding hydrogens is 350 g/mol. The lowest BCUT2D eigenvalue weighted by Crippen LogP contribution is -2.56. The van der Waals surface area contributed by atoms with Gasteiger partial charge in [0.2, 0.25) is 0 Å². The maximum Gasteiger partial charge on any atom is 0.264 e. The Labute approximate surface area is 161 Å². The molecular formula is C20H42NO4S+. The summed E-state index contributed by atoms with van der Waals surface area (Å²) in [6, 6.07) is 0. The first kappa shape index (κ1) is 23.9. The summed E-state index contributed by atoms with van der Waals surface area (Å²) in [5, 5.41) is 0. The highest BCUT2D eigenvalue weighted by Crippen LogP contribution is 2.17. The molecule has 0 atom stereocenters. The van der Waals surface area contributed by atoms with Gasteiger partial charge < -0.3 is 9.22 Å². The molecule has 6 heteroatoms. The van der Waals surface area contributed by atoms with Gasteiger partial charge in [-0.05, 0) is 25.7 Å². The molecule has 1 N–H and O–H groups in total. The van der Waals surface area contributed by atoms with E-state index in [1.807, 2.05) is 0 Å². The Morgan fingerprint density at radius 1 is 0.769 bits per heavy atom. The van der Waals surface area contributed by atoms with Gasteiger partial charge in [0, 0.05) is 0 Å². The molecule has 0 unspecified atom stereocenters. The summed E-state index contributed by atoms with van der Waals surface area (Å²) in [6.07, 6.45) is 15.0. The molecule has 5 nitrogen and oxygen atoms in total. The summed E-state index contributed by atoms with van der Waals surface area (Å²) >= 11 is 0. The van der Waals surface area contributed by atoms with Crippen molar-refractivity contribution in [3.8, 4) is 0 Å². The highest BCUT2D eigenvalue weighted by molar-refractivity contribution is 7.85. The van der Waals surface area contributed by atoms with Gasteiger partial charge >= 0.3 is 0 Å². The monoisotopic (exact) mass is 392 g/mol. The van der Waals surface area contributed by atoms with Crippen molar-refractivity contribution in [3.05, 3.63) is 0 Å². The summed E-state index contributed by atoms with van der Waals surface area (Å²) in [5.41, 5.74) is 0. The Morgan fingerprint density at radius 2 is 1.23 bits per heavy atom. The zero-order valence-corrected chi connectivity index (χ0v) is 17.8. The van der Waals surface area contributed by atoms with Crippen molar-refractivity contribution in [2.75, 3.05) is 45.1 Å². The van der Waals surface area contributed by atoms with Crippen molar-refractivity contribution in [2.45, 2.75) is 84.0 Å². The van der Waals surface area contributed by atoms with Gasteiger partial charge in [-0.1, -0.05) is 58.3 Å². The van der Waals surface area contributed by atoms with E-state index < -0.39 is 10.1 Å². The fourth-order valence-corrected chi connectivity index (χ4v) is 4.52. The zero-order chi connectivity index (χ0) is 19.1. The smallest absolute Gasteiger partial charge is 0.264 e. The predicted octanol–water partition coefficient (Wildman–Crippen LogP) is 4.42. The van der Waals surface area contributed by atoms with Crippen LogP contribution in [0.15, 0.2) is 0 Å². The van der Waals surface area contributed by atoms with E-state index in [-0.39, 0.29) is 5.75 Å². The van der Waals surface area contributed by atoms with Crippen LogP contribution in [0.2, 0.25) is 0 Å². The summed E-state index contributed by atoms with van der Waals surface area (Å²) in [7, 11) is -3.82. The largest absolute Gasteiger partial charge is 0.370 e. The molecule has 0 aromatic carbocycles. The molecule has 0 saturated carbocycles. The molecule has 0 bridgehead atoms. The minimum absolute atomic E-state index is 0.109. The van der Waals surface area contributed by atoms with Crippen LogP contribution < -0.4 is 0 Å². The minimum atomic E-state index is -3.82. The Hall–Kier alpha value is -0.170. The van der Waals surface area contributed by atoms with E-state index in [9.17, 15) is 8.42 Å². The average molecular weight is 393 g/mol. The number of rotatable bonds is 16. The SMILES string of the molecule is CCCCCCCCCCCC[N+]1(CCCCS(=O)(=O)O)CCOCC1. The van der Waals surface area contributed by atoms with Gasteiger partial charge in [-0.15, -0.1) is 0 Å². The molecule has 1 rings (SSSR count). The van der Waals surface area contributed by atoms with Crippen LogP contribution in [0.25, 0.3) is 0 Å². The Balaban J connectivity index is 2.13. The first-order valence-electron chi connectivity index (χ1n) is 10.9. The summed E-state index contributed by atoms with van der Waals surface area (Å²) < 4.78 is 37.2. The number of nitrogens with zero attached hydrogens (tertiary/aromatic N) is 1. The number of hydrogen-bond donors (Lipinski definition) is 1. The molecule has 156 valence electrons. The summed E-state index contributed by atoms with van der Waals surface area (Å²) in [4.78, 5) is 0. The quantitative estimate of drug-likeness (QED) is 0.240. The van der Waals surface area contributed by atoms with Crippen LogP contribution in [0.1, 0.15) is 84.0 Å². The maximum atomic E-state index is 10.9. The van der Waals surface area contributed by atoms with Crippen molar-refractivity contribution in [3.63, 3.8) is 0 Å². The van der Waals surface area contributed by atoms with E-state index in [1.165, 1.54) is 70.8 Å². The Morgan fingerprint density at radius 3 is 1.73 bits per heavy atom. The van der Waals surface area contributed by atoms with Crippen molar-refractivity contribution < 1.29 is 22.2 Å². The van der Waals surface area contributed by atoms with E-state index in [4.69, 9.17) is 9.29 Å². The van der Waals surface area contributed by atoms with Crippen molar-refractivity contribution in [1.29, 1.82) is 0 Å². The second kappa shape index (κ2) is 13.9. The van der Waals surface area contributed by atoms with E-state index in [1.54, 1.807) is 0 Å². The third-order valence-electron chi connectivity index (χ3n) is 5.69. The van der Waals surface area contributed by atoms with Gasteiger partial charge in [-0.2, -0.15) is 8.42 Å². The molecule has 1 aliphatic rings. The minimum Gasteiger partial charge on any atom is -0.370 e. The maximum absolute atomic E-state index is 10.9.